The molecule has 0 heterocycles. The Morgan fingerprint density at radius 2 is 1.90 bits per heavy atom. The van der Waals surface area contributed by atoms with Crippen LogP contribution in [0, 0.1) is 23.7 Å². The first-order valence-corrected chi connectivity index (χ1v) is 7.58. The van der Waals surface area contributed by atoms with Crippen LogP contribution in [0.1, 0.15) is 47.0 Å². The second-order valence-corrected chi connectivity index (χ2v) is 6.55. The molecule has 0 aromatic heterocycles. The van der Waals surface area contributed by atoms with Crippen LogP contribution in [0.2, 0.25) is 0 Å². The highest BCUT2D eigenvalue weighted by molar-refractivity contribution is 5.76. The average molecular weight is 284 g/mol. The van der Waals surface area contributed by atoms with Gasteiger partial charge < -0.3 is 15.7 Å². The van der Waals surface area contributed by atoms with E-state index in [1.807, 2.05) is 13.8 Å². The fourth-order valence-corrected chi connectivity index (χ4v) is 2.91. The molecule has 5 heteroatoms. The summed E-state index contributed by atoms with van der Waals surface area (Å²) < 4.78 is 0. The molecule has 0 spiro atoms. The summed E-state index contributed by atoms with van der Waals surface area (Å²) in [6.07, 6.45) is 3.27. The van der Waals surface area contributed by atoms with E-state index in [0.717, 1.165) is 25.2 Å². The van der Waals surface area contributed by atoms with Crippen molar-refractivity contribution in [3.05, 3.63) is 0 Å². The Morgan fingerprint density at radius 1 is 1.25 bits per heavy atom. The minimum absolute atomic E-state index is 0.00209. The molecule has 1 saturated carbocycles. The zero-order valence-electron chi connectivity index (χ0n) is 13.0. The maximum Gasteiger partial charge on any atom is 0.315 e. The van der Waals surface area contributed by atoms with Crippen LogP contribution in [-0.2, 0) is 4.79 Å². The van der Waals surface area contributed by atoms with Gasteiger partial charge in [-0.3, -0.25) is 4.79 Å². The Bertz CT molecular complexity index is 344. The number of urea groups is 1. The molecule has 0 aliphatic heterocycles. The van der Waals surface area contributed by atoms with Crippen molar-refractivity contribution in [2.75, 3.05) is 6.54 Å². The van der Waals surface area contributed by atoms with Crippen LogP contribution in [0.4, 0.5) is 4.79 Å². The van der Waals surface area contributed by atoms with Gasteiger partial charge in [-0.05, 0) is 37.0 Å². The number of carboxylic acids is 1. The quantitative estimate of drug-likeness (QED) is 0.725. The molecule has 4 unspecified atom stereocenters. The molecule has 3 N–H and O–H groups in total. The van der Waals surface area contributed by atoms with E-state index in [2.05, 4.69) is 24.5 Å². The first kappa shape index (κ1) is 16.8. The number of carbonyl (C=O) groups is 2. The summed E-state index contributed by atoms with van der Waals surface area (Å²) in [5, 5.41) is 14.8. The fourth-order valence-electron chi connectivity index (χ4n) is 2.91. The lowest BCUT2D eigenvalue weighted by molar-refractivity contribution is -0.142. The normalized spacial score (nSPS) is 27.9. The van der Waals surface area contributed by atoms with E-state index >= 15 is 0 Å². The van der Waals surface area contributed by atoms with Crippen LogP contribution < -0.4 is 10.6 Å². The maximum atomic E-state index is 11.9. The third kappa shape index (κ3) is 5.02. The molecule has 2 amide bonds. The van der Waals surface area contributed by atoms with Gasteiger partial charge in [0.15, 0.2) is 0 Å². The van der Waals surface area contributed by atoms with Crippen LogP contribution in [0.15, 0.2) is 0 Å². The predicted molar refractivity (Wildman–Crippen MR) is 78.5 cm³/mol. The highest BCUT2D eigenvalue weighted by Crippen LogP contribution is 2.28. The maximum absolute atomic E-state index is 11.9. The summed E-state index contributed by atoms with van der Waals surface area (Å²) in [7, 11) is 0. The summed E-state index contributed by atoms with van der Waals surface area (Å²) in [6.45, 7) is 8.28. The van der Waals surface area contributed by atoms with Gasteiger partial charge in [-0.1, -0.05) is 27.7 Å². The van der Waals surface area contributed by atoms with Crippen molar-refractivity contribution in [2.45, 2.75) is 53.0 Å². The lowest BCUT2D eigenvalue weighted by Gasteiger charge is -2.33. The topological polar surface area (TPSA) is 78.4 Å². The molecule has 0 bridgehead atoms. The number of carbonyl (C=O) groups excluding carboxylic acids is 1. The third-order valence-corrected chi connectivity index (χ3v) is 4.35. The monoisotopic (exact) mass is 284 g/mol. The van der Waals surface area contributed by atoms with Crippen molar-refractivity contribution >= 4 is 12.0 Å². The Morgan fingerprint density at radius 3 is 2.40 bits per heavy atom. The van der Waals surface area contributed by atoms with Gasteiger partial charge >= 0.3 is 12.0 Å². The van der Waals surface area contributed by atoms with Gasteiger partial charge in [0.2, 0.25) is 0 Å². The van der Waals surface area contributed by atoms with Crippen LogP contribution >= 0.6 is 0 Å². The number of carboxylic acid groups (broad SMARTS) is 1. The highest BCUT2D eigenvalue weighted by atomic mass is 16.4. The fraction of sp³-hybridized carbons (Fsp3) is 0.867. The number of aliphatic carboxylic acids is 1. The molecule has 0 saturated heterocycles. The summed E-state index contributed by atoms with van der Waals surface area (Å²) in [4.78, 5) is 22.9. The third-order valence-electron chi connectivity index (χ3n) is 4.35. The Hall–Kier alpha value is -1.26. The van der Waals surface area contributed by atoms with Gasteiger partial charge in [-0.25, -0.2) is 4.79 Å². The molecule has 1 fully saturated rings. The number of nitrogens with one attached hydrogen (secondary N) is 2. The van der Waals surface area contributed by atoms with Crippen LogP contribution in [-0.4, -0.2) is 29.7 Å². The van der Waals surface area contributed by atoms with Gasteiger partial charge in [0, 0.05) is 12.6 Å². The van der Waals surface area contributed by atoms with Crippen LogP contribution in [0.3, 0.4) is 0 Å². The Balaban J connectivity index is 2.38. The number of rotatable bonds is 5. The van der Waals surface area contributed by atoms with E-state index in [9.17, 15) is 9.59 Å². The van der Waals surface area contributed by atoms with Gasteiger partial charge in [0.25, 0.3) is 0 Å². The molecule has 0 radical (unpaired) electrons. The first-order valence-electron chi connectivity index (χ1n) is 7.58. The van der Waals surface area contributed by atoms with Crippen molar-refractivity contribution in [2.24, 2.45) is 23.7 Å². The minimum Gasteiger partial charge on any atom is -0.481 e. The second-order valence-electron chi connectivity index (χ2n) is 6.55. The lowest BCUT2D eigenvalue weighted by atomic mass is 9.80. The lowest BCUT2D eigenvalue weighted by Crippen LogP contribution is -2.48. The highest BCUT2D eigenvalue weighted by Gasteiger charge is 2.27. The summed E-state index contributed by atoms with van der Waals surface area (Å²) in [6, 6.07) is -0.0446. The largest absolute Gasteiger partial charge is 0.481 e. The van der Waals surface area contributed by atoms with E-state index in [-0.39, 0.29) is 24.5 Å². The number of hydrogen-bond acceptors (Lipinski definition) is 2. The molecule has 1 rings (SSSR count). The first-order chi connectivity index (χ1) is 9.31. The summed E-state index contributed by atoms with van der Waals surface area (Å²) >= 11 is 0. The van der Waals surface area contributed by atoms with E-state index < -0.39 is 11.9 Å². The second kappa shape index (κ2) is 7.50. The zero-order valence-corrected chi connectivity index (χ0v) is 13.0. The number of hydrogen-bond donors (Lipinski definition) is 3. The molecule has 1 aliphatic rings. The van der Waals surface area contributed by atoms with Crippen molar-refractivity contribution in [3.8, 4) is 0 Å². The van der Waals surface area contributed by atoms with Crippen molar-refractivity contribution < 1.29 is 14.7 Å². The van der Waals surface area contributed by atoms with Crippen molar-refractivity contribution in [1.82, 2.24) is 10.6 Å². The van der Waals surface area contributed by atoms with E-state index in [0.29, 0.717) is 5.92 Å². The van der Waals surface area contributed by atoms with E-state index in [4.69, 9.17) is 5.11 Å². The van der Waals surface area contributed by atoms with E-state index in [1.165, 1.54) is 0 Å². The van der Waals surface area contributed by atoms with E-state index in [1.54, 1.807) is 0 Å². The Labute approximate surface area is 121 Å². The number of amides is 2. The van der Waals surface area contributed by atoms with Crippen molar-refractivity contribution in [1.29, 1.82) is 0 Å². The molecule has 4 atom stereocenters. The van der Waals surface area contributed by atoms with Crippen LogP contribution in [0.25, 0.3) is 0 Å². The molecule has 1 aliphatic carbocycles. The summed E-state index contributed by atoms with van der Waals surface area (Å²) in [5.74, 6) is -0.194. The SMILES string of the molecule is CC1CCC(NC(=O)NCC(C(=O)O)C(C)C)C(C)C1. The van der Waals surface area contributed by atoms with Gasteiger partial charge in [0.1, 0.15) is 0 Å². The molecular formula is C15H28N2O3. The van der Waals surface area contributed by atoms with Gasteiger partial charge in [-0.2, -0.15) is 0 Å². The average Bonchev–Trinajstić information content (AvgIpc) is 2.32. The predicted octanol–water partition coefficient (Wildman–Crippen LogP) is 2.47. The standard InChI is InChI=1S/C15H28N2O3/c1-9(2)12(14(18)19)8-16-15(20)17-13-6-5-10(3)7-11(13)4/h9-13H,5-8H2,1-4H3,(H,18,19)(H2,16,17,20). The molecule has 5 nitrogen and oxygen atoms in total. The smallest absolute Gasteiger partial charge is 0.315 e. The Kier molecular flexibility index (Phi) is 6.30. The molecular weight excluding hydrogens is 256 g/mol. The molecule has 116 valence electrons. The zero-order chi connectivity index (χ0) is 15.3. The van der Waals surface area contributed by atoms with Crippen molar-refractivity contribution in [3.63, 3.8) is 0 Å². The van der Waals surface area contributed by atoms with Gasteiger partial charge in [-0.15, -0.1) is 0 Å². The molecule has 0 aromatic carbocycles. The minimum atomic E-state index is -0.861. The van der Waals surface area contributed by atoms with Crippen LogP contribution in [0.5, 0.6) is 0 Å². The van der Waals surface area contributed by atoms with Gasteiger partial charge in [0.05, 0.1) is 5.92 Å². The molecule has 20 heavy (non-hydrogen) atoms. The molecule has 0 aromatic rings. The summed E-state index contributed by atoms with van der Waals surface area (Å²) in [5.41, 5.74) is 0.